The minimum absolute atomic E-state index is 0.612. The summed E-state index contributed by atoms with van der Waals surface area (Å²) in [5, 5.41) is 3.70. The highest BCUT2D eigenvalue weighted by molar-refractivity contribution is 5.55. The monoisotopic (exact) mass is 261 g/mol. The van der Waals surface area contributed by atoms with E-state index in [4.69, 9.17) is 9.47 Å². The van der Waals surface area contributed by atoms with Crippen LogP contribution in [0.5, 0.6) is 11.5 Å². The second-order valence-electron chi connectivity index (χ2n) is 5.56. The Hall–Kier alpha value is -1.38. The van der Waals surface area contributed by atoms with Gasteiger partial charge in [0.05, 0.1) is 0 Å². The van der Waals surface area contributed by atoms with E-state index < -0.39 is 0 Å². The van der Waals surface area contributed by atoms with Crippen molar-refractivity contribution in [3.63, 3.8) is 0 Å². The molecule has 1 fully saturated rings. The second kappa shape index (κ2) is 5.72. The summed E-state index contributed by atoms with van der Waals surface area (Å²) in [5.41, 5.74) is 1.16. The first-order chi connectivity index (χ1) is 9.36. The average Bonchev–Trinajstić information content (AvgIpc) is 2.48. The zero-order valence-electron chi connectivity index (χ0n) is 11.7. The van der Waals surface area contributed by atoms with Gasteiger partial charge in [0, 0.05) is 17.8 Å². The number of ether oxygens (including phenoxy) is 2. The molecule has 1 N–H and O–H groups in total. The van der Waals surface area contributed by atoms with Crippen LogP contribution in [0.3, 0.4) is 0 Å². The van der Waals surface area contributed by atoms with Crippen molar-refractivity contribution in [3.05, 3.63) is 18.2 Å². The van der Waals surface area contributed by atoms with Crippen LogP contribution in [-0.2, 0) is 0 Å². The molecule has 2 unspecified atom stereocenters. The van der Waals surface area contributed by atoms with E-state index >= 15 is 0 Å². The predicted molar refractivity (Wildman–Crippen MR) is 77.1 cm³/mol. The quantitative estimate of drug-likeness (QED) is 0.896. The summed E-state index contributed by atoms with van der Waals surface area (Å²) < 4.78 is 11.2. The van der Waals surface area contributed by atoms with Crippen molar-refractivity contribution >= 4 is 5.69 Å². The normalized spacial score (nSPS) is 25.9. The summed E-state index contributed by atoms with van der Waals surface area (Å²) >= 11 is 0. The predicted octanol–water partition coefficient (Wildman–Crippen LogP) is 3.84. The SMILES string of the molecule is CCC1CCCCC1Nc1ccc2c(c1)OCCO2. The molecule has 0 saturated heterocycles. The Morgan fingerprint density at radius 2 is 1.89 bits per heavy atom. The van der Waals surface area contributed by atoms with E-state index in [1.165, 1.54) is 32.1 Å². The molecule has 1 aliphatic heterocycles. The first kappa shape index (κ1) is 12.6. The molecule has 0 radical (unpaired) electrons. The van der Waals surface area contributed by atoms with Crippen molar-refractivity contribution in [1.29, 1.82) is 0 Å². The molecule has 3 heteroatoms. The lowest BCUT2D eigenvalue weighted by Crippen LogP contribution is -2.31. The first-order valence-electron chi connectivity index (χ1n) is 7.53. The van der Waals surface area contributed by atoms with Crippen molar-refractivity contribution in [1.82, 2.24) is 0 Å². The van der Waals surface area contributed by atoms with E-state index in [2.05, 4.69) is 24.4 Å². The number of hydrogen-bond acceptors (Lipinski definition) is 3. The third-order valence-corrected chi connectivity index (χ3v) is 4.33. The standard InChI is InChI=1S/C16H23NO2/c1-2-12-5-3-4-6-14(12)17-13-7-8-15-16(11-13)19-10-9-18-15/h7-8,11-12,14,17H,2-6,9-10H2,1H3. The molecule has 0 aromatic heterocycles. The van der Waals surface area contributed by atoms with E-state index in [0.29, 0.717) is 19.3 Å². The van der Waals surface area contributed by atoms with Crippen molar-refractivity contribution < 1.29 is 9.47 Å². The first-order valence-corrected chi connectivity index (χ1v) is 7.53. The van der Waals surface area contributed by atoms with Crippen molar-refractivity contribution in [2.24, 2.45) is 5.92 Å². The molecular weight excluding hydrogens is 238 g/mol. The highest BCUT2D eigenvalue weighted by Crippen LogP contribution is 2.35. The third-order valence-electron chi connectivity index (χ3n) is 4.33. The molecule has 0 amide bonds. The van der Waals surface area contributed by atoms with E-state index in [1.807, 2.05) is 6.07 Å². The van der Waals surface area contributed by atoms with Crippen molar-refractivity contribution in [2.45, 2.75) is 45.1 Å². The Bertz CT molecular complexity index is 433. The average molecular weight is 261 g/mol. The molecule has 2 aliphatic rings. The van der Waals surface area contributed by atoms with E-state index in [-0.39, 0.29) is 0 Å². The van der Waals surface area contributed by atoms with Gasteiger partial charge in [-0.3, -0.25) is 0 Å². The van der Waals surface area contributed by atoms with Crippen LogP contribution in [0.25, 0.3) is 0 Å². The molecule has 1 aliphatic carbocycles. The lowest BCUT2D eigenvalue weighted by Gasteiger charge is -2.32. The van der Waals surface area contributed by atoms with Gasteiger partial charge in [0.15, 0.2) is 11.5 Å². The topological polar surface area (TPSA) is 30.5 Å². The zero-order chi connectivity index (χ0) is 13.1. The Balaban J connectivity index is 1.71. The van der Waals surface area contributed by atoms with Crippen molar-refractivity contribution in [2.75, 3.05) is 18.5 Å². The highest BCUT2D eigenvalue weighted by atomic mass is 16.6. The Morgan fingerprint density at radius 1 is 1.11 bits per heavy atom. The van der Waals surface area contributed by atoms with Crippen LogP contribution in [0, 0.1) is 5.92 Å². The van der Waals surface area contributed by atoms with Gasteiger partial charge in [-0.2, -0.15) is 0 Å². The Kier molecular flexibility index (Phi) is 3.81. The number of fused-ring (bicyclic) bond motifs is 1. The minimum Gasteiger partial charge on any atom is -0.486 e. The summed E-state index contributed by atoms with van der Waals surface area (Å²) in [4.78, 5) is 0. The zero-order valence-corrected chi connectivity index (χ0v) is 11.7. The van der Waals surface area contributed by atoms with Gasteiger partial charge in [0.2, 0.25) is 0 Å². The molecule has 0 bridgehead atoms. The maximum absolute atomic E-state index is 5.64. The summed E-state index contributed by atoms with van der Waals surface area (Å²) in [5.74, 6) is 2.55. The van der Waals surface area contributed by atoms with Gasteiger partial charge >= 0.3 is 0 Å². The molecule has 3 rings (SSSR count). The van der Waals surface area contributed by atoms with E-state index in [9.17, 15) is 0 Å². The summed E-state index contributed by atoms with van der Waals surface area (Å²) in [7, 11) is 0. The molecule has 1 heterocycles. The lowest BCUT2D eigenvalue weighted by molar-refractivity contribution is 0.171. The minimum atomic E-state index is 0.612. The molecule has 104 valence electrons. The number of hydrogen-bond donors (Lipinski definition) is 1. The van der Waals surface area contributed by atoms with E-state index in [0.717, 1.165) is 23.1 Å². The van der Waals surface area contributed by atoms with E-state index in [1.54, 1.807) is 0 Å². The largest absolute Gasteiger partial charge is 0.486 e. The molecule has 1 saturated carbocycles. The van der Waals surface area contributed by atoms with Crippen LogP contribution in [0.4, 0.5) is 5.69 Å². The summed E-state index contributed by atoms with van der Waals surface area (Å²) in [6.07, 6.45) is 6.64. The van der Waals surface area contributed by atoms with Crippen LogP contribution >= 0.6 is 0 Å². The molecule has 1 aromatic carbocycles. The lowest BCUT2D eigenvalue weighted by atomic mass is 9.83. The smallest absolute Gasteiger partial charge is 0.163 e. The summed E-state index contributed by atoms with van der Waals surface area (Å²) in [6.45, 7) is 3.60. The number of rotatable bonds is 3. The van der Waals surface area contributed by atoms with Gasteiger partial charge in [0.25, 0.3) is 0 Å². The van der Waals surface area contributed by atoms with Crippen molar-refractivity contribution in [3.8, 4) is 11.5 Å². The fraction of sp³-hybridized carbons (Fsp3) is 0.625. The Morgan fingerprint density at radius 3 is 2.74 bits per heavy atom. The highest BCUT2D eigenvalue weighted by Gasteiger charge is 2.23. The Labute approximate surface area is 115 Å². The second-order valence-corrected chi connectivity index (χ2v) is 5.56. The van der Waals surface area contributed by atoms with Gasteiger partial charge in [-0.25, -0.2) is 0 Å². The van der Waals surface area contributed by atoms with Gasteiger partial charge < -0.3 is 14.8 Å². The number of nitrogens with one attached hydrogen (secondary N) is 1. The van der Waals surface area contributed by atoms with Crippen LogP contribution in [-0.4, -0.2) is 19.3 Å². The molecule has 1 aromatic rings. The van der Waals surface area contributed by atoms with Crippen LogP contribution in [0.2, 0.25) is 0 Å². The maximum atomic E-state index is 5.64. The van der Waals surface area contributed by atoms with Crippen LogP contribution in [0.1, 0.15) is 39.0 Å². The van der Waals surface area contributed by atoms with Gasteiger partial charge in [-0.1, -0.05) is 26.2 Å². The molecule has 0 spiro atoms. The molecule has 19 heavy (non-hydrogen) atoms. The van der Waals surface area contributed by atoms with Crippen LogP contribution in [0.15, 0.2) is 18.2 Å². The molecular formula is C16H23NO2. The molecule has 3 nitrogen and oxygen atoms in total. The third kappa shape index (κ3) is 2.80. The van der Waals surface area contributed by atoms with Crippen LogP contribution < -0.4 is 14.8 Å². The van der Waals surface area contributed by atoms with Gasteiger partial charge in [-0.15, -0.1) is 0 Å². The fourth-order valence-electron chi connectivity index (χ4n) is 3.23. The fourth-order valence-corrected chi connectivity index (χ4v) is 3.23. The van der Waals surface area contributed by atoms with Gasteiger partial charge in [-0.05, 0) is 30.9 Å². The summed E-state index contributed by atoms with van der Waals surface area (Å²) in [6, 6.07) is 6.81. The number of benzene rings is 1. The molecule has 2 atom stereocenters. The number of anilines is 1. The van der Waals surface area contributed by atoms with Gasteiger partial charge in [0.1, 0.15) is 13.2 Å². The maximum Gasteiger partial charge on any atom is 0.163 e.